The summed E-state index contributed by atoms with van der Waals surface area (Å²) in [5.41, 5.74) is 4.07. The maximum Gasteiger partial charge on any atom is 0.271 e. The van der Waals surface area contributed by atoms with E-state index in [1.54, 1.807) is 14.2 Å². The second-order valence-corrected chi connectivity index (χ2v) is 9.93. The Kier molecular flexibility index (Phi) is 8.06. The molecule has 0 N–H and O–H groups in total. The van der Waals surface area contributed by atoms with E-state index >= 15 is 0 Å². The molecule has 37 heavy (non-hydrogen) atoms. The van der Waals surface area contributed by atoms with E-state index in [4.69, 9.17) is 19.0 Å². The van der Waals surface area contributed by atoms with Crippen LogP contribution in [0.15, 0.2) is 53.7 Å². The zero-order valence-corrected chi connectivity index (χ0v) is 22.7. The van der Waals surface area contributed by atoms with E-state index < -0.39 is 5.79 Å². The summed E-state index contributed by atoms with van der Waals surface area (Å²) in [4.78, 5) is 17.6. The van der Waals surface area contributed by atoms with Crippen molar-refractivity contribution in [3.8, 4) is 11.5 Å². The summed E-state index contributed by atoms with van der Waals surface area (Å²) in [7, 11) is 3.45. The van der Waals surface area contributed by atoms with Crippen LogP contribution in [0.1, 0.15) is 85.8 Å². The van der Waals surface area contributed by atoms with Crippen LogP contribution in [0.2, 0.25) is 0 Å². The Morgan fingerprint density at radius 2 is 1.62 bits per heavy atom. The number of nitrogens with zero attached hydrogens (tertiary/aromatic N) is 1. The molecule has 1 atom stereocenters. The maximum atomic E-state index is 12.3. The number of benzene rings is 3. The number of oxime groups is 1. The van der Waals surface area contributed by atoms with Gasteiger partial charge in [0.25, 0.3) is 5.79 Å². The van der Waals surface area contributed by atoms with Crippen molar-refractivity contribution in [2.45, 2.75) is 71.5 Å². The fourth-order valence-corrected chi connectivity index (χ4v) is 5.21. The first-order valence-corrected chi connectivity index (χ1v) is 13.0. The lowest BCUT2D eigenvalue weighted by molar-refractivity contribution is -0.129. The number of rotatable bonds is 11. The number of carbonyl (C=O) groups excluding carboxylic acids is 1. The number of ether oxygens (including phenoxy) is 3. The third-order valence-corrected chi connectivity index (χ3v) is 6.98. The molecule has 1 aliphatic rings. The van der Waals surface area contributed by atoms with Crippen molar-refractivity contribution in [3.05, 3.63) is 70.8 Å². The Hall–Kier alpha value is -3.54. The number of ketones is 1. The van der Waals surface area contributed by atoms with Crippen LogP contribution in [0.5, 0.6) is 11.5 Å². The van der Waals surface area contributed by atoms with Crippen molar-refractivity contribution >= 4 is 22.5 Å². The van der Waals surface area contributed by atoms with E-state index in [1.165, 1.54) is 0 Å². The monoisotopic (exact) mass is 503 g/mol. The molecule has 0 radical (unpaired) electrons. The number of methoxy groups -OCH3 is 2. The predicted molar refractivity (Wildman–Crippen MR) is 147 cm³/mol. The lowest BCUT2D eigenvalue weighted by atomic mass is 9.81. The molecular weight excluding hydrogens is 466 g/mol. The largest absolute Gasteiger partial charge is 0.496 e. The summed E-state index contributed by atoms with van der Waals surface area (Å²) in [6, 6.07) is 16.2. The molecule has 0 fully saturated rings. The SMILES string of the molecule is CCC(=O)c1ccc(C(CCCCC2=NOC(C)(C)O2)c2c(C)c(OC)c3ccccc3c2OC)cc1. The topological polar surface area (TPSA) is 66.4 Å². The Morgan fingerprint density at radius 1 is 0.973 bits per heavy atom. The van der Waals surface area contributed by atoms with Gasteiger partial charge in [0.1, 0.15) is 11.5 Å². The highest BCUT2D eigenvalue weighted by Gasteiger charge is 2.30. The highest BCUT2D eigenvalue weighted by atomic mass is 16.8. The van der Waals surface area contributed by atoms with Gasteiger partial charge < -0.3 is 19.0 Å². The first kappa shape index (κ1) is 26.5. The van der Waals surface area contributed by atoms with Crippen molar-refractivity contribution in [1.29, 1.82) is 0 Å². The highest BCUT2D eigenvalue weighted by molar-refractivity contribution is 5.97. The fourth-order valence-electron chi connectivity index (χ4n) is 5.21. The van der Waals surface area contributed by atoms with Crippen LogP contribution in [-0.2, 0) is 9.57 Å². The van der Waals surface area contributed by atoms with Crippen molar-refractivity contribution in [3.63, 3.8) is 0 Å². The van der Waals surface area contributed by atoms with Gasteiger partial charge in [0, 0.05) is 54.5 Å². The Morgan fingerprint density at radius 3 is 2.19 bits per heavy atom. The fraction of sp³-hybridized carbons (Fsp3) is 0.419. The Balaban J connectivity index is 1.71. The van der Waals surface area contributed by atoms with E-state index in [0.29, 0.717) is 12.3 Å². The average molecular weight is 504 g/mol. The number of hydrogen-bond donors (Lipinski definition) is 0. The quantitative estimate of drug-likeness (QED) is 0.200. The first-order chi connectivity index (χ1) is 17.8. The van der Waals surface area contributed by atoms with E-state index in [9.17, 15) is 4.79 Å². The van der Waals surface area contributed by atoms with Crippen LogP contribution in [0.4, 0.5) is 0 Å². The van der Waals surface area contributed by atoms with Gasteiger partial charge in [-0.2, -0.15) is 0 Å². The number of unbranched alkanes of at least 4 members (excludes halogenated alkanes) is 1. The molecule has 0 bridgehead atoms. The third-order valence-electron chi connectivity index (χ3n) is 6.98. The van der Waals surface area contributed by atoms with Crippen LogP contribution in [-0.4, -0.2) is 31.7 Å². The van der Waals surface area contributed by atoms with E-state index in [2.05, 4.69) is 36.3 Å². The molecule has 1 heterocycles. The minimum Gasteiger partial charge on any atom is -0.496 e. The molecule has 0 aromatic heterocycles. The molecule has 196 valence electrons. The molecular formula is C31H37NO5. The zero-order chi connectivity index (χ0) is 26.6. The van der Waals surface area contributed by atoms with Crippen molar-refractivity contribution < 1.29 is 23.8 Å². The molecule has 0 saturated carbocycles. The summed E-state index contributed by atoms with van der Waals surface area (Å²) in [6.45, 7) is 7.70. The standard InChI is InChI=1S/C31H37NO5/c1-7-26(33)22-18-16-21(17-19-22)23(12-10-11-15-27-32-37-31(3,4)36-27)28-20(2)29(34-5)24-13-8-9-14-25(24)30(28)35-6/h8-9,13-14,16-19,23H,7,10-12,15H2,1-6H3. The summed E-state index contributed by atoms with van der Waals surface area (Å²) in [6.07, 6.45) is 3.95. The van der Waals surface area contributed by atoms with Crippen molar-refractivity contribution in [2.75, 3.05) is 14.2 Å². The zero-order valence-electron chi connectivity index (χ0n) is 22.7. The van der Waals surface area contributed by atoms with Gasteiger partial charge in [-0.15, -0.1) is 0 Å². The number of carbonyl (C=O) groups is 1. The molecule has 1 aliphatic heterocycles. The van der Waals surface area contributed by atoms with Crippen molar-refractivity contribution in [2.24, 2.45) is 5.16 Å². The smallest absolute Gasteiger partial charge is 0.271 e. The number of Topliss-reactive ketones (excluding diaryl/α,β-unsaturated/α-hetero) is 1. The molecule has 0 amide bonds. The van der Waals surface area contributed by atoms with Gasteiger partial charge in [0.2, 0.25) is 5.90 Å². The normalized spacial score (nSPS) is 15.0. The second-order valence-electron chi connectivity index (χ2n) is 9.93. The highest BCUT2D eigenvalue weighted by Crippen LogP contribution is 2.47. The van der Waals surface area contributed by atoms with Gasteiger partial charge in [-0.25, -0.2) is 0 Å². The molecule has 3 aromatic carbocycles. The van der Waals surface area contributed by atoms with Crippen LogP contribution in [0, 0.1) is 6.92 Å². The van der Waals surface area contributed by atoms with Crippen LogP contribution in [0.3, 0.4) is 0 Å². The molecule has 6 heteroatoms. The van der Waals surface area contributed by atoms with Crippen LogP contribution in [0.25, 0.3) is 10.8 Å². The molecule has 0 aliphatic carbocycles. The van der Waals surface area contributed by atoms with Gasteiger partial charge in [-0.05, 0) is 36.0 Å². The number of fused-ring (bicyclic) bond motifs is 1. The Labute approximate surface area is 219 Å². The minimum absolute atomic E-state index is 0.0540. The van der Waals surface area contributed by atoms with Gasteiger partial charge in [0.15, 0.2) is 5.78 Å². The lowest BCUT2D eigenvalue weighted by Crippen LogP contribution is -2.22. The first-order valence-electron chi connectivity index (χ1n) is 13.0. The lowest BCUT2D eigenvalue weighted by Gasteiger charge is -2.26. The molecule has 1 unspecified atom stereocenters. The summed E-state index contributed by atoms with van der Waals surface area (Å²) >= 11 is 0. The average Bonchev–Trinajstić information content (AvgIpc) is 3.26. The van der Waals surface area contributed by atoms with E-state index in [0.717, 1.165) is 70.2 Å². The summed E-state index contributed by atoms with van der Waals surface area (Å²) < 4.78 is 17.7. The van der Waals surface area contributed by atoms with Gasteiger partial charge in [-0.1, -0.05) is 61.9 Å². The van der Waals surface area contributed by atoms with Gasteiger partial charge in [0.05, 0.1) is 14.2 Å². The van der Waals surface area contributed by atoms with Crippen molar-refractivity contribution in [1.82, 2.24) is 0 Å². The second kappa shape index (κ2) is 11.2. The van der Waals surface area contributed by atoms with E-state index in [1.807, 2.05) is 45.0 Å². The van der Waals surface area contributed by atoms with Gasteiger partial charge in [-0.3, -0.25) is 4.79 Å². The molecule has 0 spiro atoms. The molecule has 3 aromatic rings. The molecule has 0 saturated heterocycles. The van der Waals surface area contributed by atoms with Crippen LogP contribution < -0.4 is 9.47 Å². The Bertz CT molecular complexity index is 1290. The van der Waals surface area contributed by atoms with Gasteiger partial charge >= 0.3 is 0 Å². The predicted octanol–water partition coefficient (Wildman–Crippen LogP) is 7.55. The minimum atomic E-state index is -0.693. The van der Waals surface area contributed by atoms with E-state index in [-0.39, 0.29) is 11.7 Å². The molecule has 4 rings (SSSR count). The third kappa shape index (κ3) is 5.58. The van der Waals surface area contributed by atoms with Crippen LogP contribution >= 0.6 is 0 Å². The summed E-state index contributed by atoms with van der Waals surface area (Å²) in [5.74, 6) is 1.88. The number of hydrogen-bond acceptors (Lipinski definition) is 6. The molecule has 6 nitrogen and oxygen atoms in total. The summed E-state index contributed by atoms with van der Waals surface area (Å²) in [5, 5.41) is 6.14. The maximum absolute atomic E-state index is 12.3.